The molecule has 0 N–H and O–H groups in total. The Labute approximate surface area is 142 Å². The van der Waals surface area contributed by atoms with Gasteiger partial charge in [0.2, 0.25) is 0 Å². The van der Waals surface area contributed by atoms with Gasteiger partial charge in [-0.2, -0.15) is 0 Å². The van der Waals surface area contributed by atoms with Gasteiger partial charge in [-0.3, -0.25) is 0 Å². The zero-order chi connectivity index (χ0) is 15.7. The van der Waals surface area contributed by atoms with E-state index in [0.29, 0.717) is 15.1 Å². The number of halogens is 4. The molecule has 1 atom stereocenters. The number of alkyl halides is 3. The average molecular weight is 358 g/mol. The summed E-state index contributed by atoms with van der Waals surface area (Å²) >= 11 is 0. The molecule has 0 nitrogen and oxygen atoms in total. The van der Waals surface area contributed by atoms with E-state index in [9.17, 15) is 13.2 Å². The van der Waals surface area contributed by atoms with Gasteiger partial charge in [-0.15, -0.1) is 25.6 Å². The lowest BCUT2D eigenvalue weighted by Crippen LogP contribution is -1.96. The Morgan fingerprint density at radius 3 is 2.26 bits per heavy atom. The maximum Gasteiger partial charge on any atom is 0.601 e. The molecular weight excluding hydrogens is 341 g/mol. The van der Waals surface area contributed by atoms with Crippen molar-refractivity contribution in [3.05, 3.63) is 60.2 Å². The summed E-state index contributed by atoms with van der Waals surface area (Å²) in [6.45, 7) is 2.04. The topological polar surface area (TPSA) is 0 Å². The molecule has 0 saturated heterocycles. The van der Waals surface area contributed by atoms with E-state index in [2.05, 4.69) is 0 Å². The average Bonchev–Trinajstić information content (AvgIpc) is 2.89. The van der Waals surface area contributed by atoms with Crippen LogP contribution in [0.2, 0.25) is 0 Å². The second-order valence-electron chi connectivity index (χ2n) is 5.21. The van der Waals surface area contributed by atoms with E-state index in [4.69, 9.17) is 0 Å². The van der Waals surface area contributed by atoms with Crippen LogP contribution in [-0.4, -0.2) is 0 Å². The lowest BCUT2D eigenvalue weighted by Gasteiger charge is -2.01. The van der Waals surface area contributed by atoms with Crippen molar-refractivity contribution in [2.75, 3.05) is 0 Å². The Morgan fingerprint density at radius 2 is 1.65 bits per heavy atom. The van der Waals surface area contributed by atoms with Gasteiger partial charge in [-0.25, -0.2) is 0 Å². The molecule has 23 heavy (non-hydrogen) atoms. The fraction of sp³-hybridized carbons (Fsp3) is 0.222. The molecule has 0 fully saturated rings. The zero-order valence-electron chi connectivity index (χ0n) is 12.6. The van der Waals surface area contributed by atoms with Crippen LogP contribution < -0.4 is 0 Å². The van der Waals surface area contributed by atoms with E-state index in [1.54, 1.807) is 42.5 Å². The summed E-state index contributed by atoms with van der Waals surface area (Å²) < 4.78 is 41.4. The SMILES string of the molecule is CCCc1cccc2c1cc(-c1ccccc1)[s+]2C(F)(F)F.Cl. The molecule has 0 aliphatic carbocycles. The number of aryl methyl sites for hydroxylation is 1. The summed E-state index contributed by atoms with van der Waals surface area (Å²) in [6, 6.07) is 15.9. The van der Waals surface area contributed by atoms with Crippen LogP contribution >= 0.6 is 22.9 Å². The Morgan fingerprint density at radius 1 is 0.957 bits per heavy atom. The molecule has 0 aliphatic rings. The molecule has 1 unspecified atom stereocenters. The maximum atomic E-state index is 13.7. The predicted molar refractivity (Wildman–Crippen MR) is 94.4 cm³/mol. The predicted octanol–water partition coefficient (Wildman–Crippen LogP) is 7.11. The Balaban J connectivity index is 0.00000192. The Kier molecular flexibility index (Phi) is 5.37. The standard InChI is InChI=1S/C18H16F3S.ClH/c1-2-7-13-10-6-11-16-15(13)12-17(22(16)18(19,20)21)14-8-4-3-5-9-14;/h3-6,8-12H,2,7H2,1H3;1H/q+1;. The van der Waals surface area contributed by atoms with Crippen molar-refractivity contribution in [2.24, 2.45) is 0 Å². The first kappa shape index (κ1) is 17.8. The van der Waals surface area contributed by atoms with Crippen molar-refractivity contribution in [3.8, 4) is 10.4 Å². The smallest absolute Gasteiger partial charge is 0.147 e. The molecule has 2 aromatic carbocycles. The number of thiophene rings is 1. The summed E-state index contributed by atoms with van der Waals surface area (Å²) in [5.74, 6) is 0. The third-order valence-corrected chi connectivity index (χ3v) is 5.73. The lowest BCUT2D eigenvalue weighted by atomic mass is 10.1. The highest BCUT2D eigenvalue weighted by Gasteiger charge is 2.48. The van der Waals surface area contributed by atoms with Crippen molar-refractivity contribution in [1.82, 2.24) is 0 Å². The van der Waals surface area contributed by atoms with Gasteiger partial charge in [0.25, 0.3) is 0 Å². The highest BCUT2D eigenvalue weighted by molar-refractivity contribution is 7.41. The summed E-state index contributed by atoms with van der Waals surface area (Å²) in [5.41, 5.74) is -2.59. The van der Waals surface area contributed by atoms with Crippen molar-refractivity contribution >= 4 is 33.0 Å². The fourth-order valence-electron chi connectivity index (χ4n) is 2.78. The quantitative estimate of drug-likeness (QED) is 0.438. The number of hydrogen-bond donors (Lipinski definition) is 0. The van der Waals surface area contributed by atoms with E-state index in [1.165, 1.54) is 0 Å². The molecule has 0 bridgehead atoms. The van der Waals surface area contributed by atoms with Crippen molar-refractivity contribution in [3.63, 3.8) is 0 Å². The summed E-state index contributed by atoms with van der Waals surface area (Å²) in [6.07, 6.45) is 1.72. The monoisotopic (exact) mass is 357 g/mol. The summed E-state index contributed by atoms with van der Waals surface area (Å²) in [4.78, 5) is 0.381. The molecule has 0 amide bonds. The molecule has 122 valence electrons. The van der Waals surface area contributed by atoms with Crippen LogP contribution in [0, 0.1) is 0 Å². The first-order valence-corrected chi connectivity index (χ1v) is 8.45. The van der Waals surface area contributed by atoms with Crippen LogP contribution in [0.15, 0.2) is 54.6 Å². The van der Waals surface area contributed by atoms with Crippen LogP contribution in [0.1, 0.15) is 18.9 Å². The molecule has 0 spiro atoms. The van der Waals surface area contributed by atoms with E-state index in [0.717, 1.165) is 23.8 Å². The van der Waals surface area contributed by atoms with Crippen molar-refractivity contribution in [1.29, 1.82) is 0 Å². The molecule has 0 saturated carbocycles. The zero-order valence-corrected chi connectivity index (χ0v) is 14.2. The second-order valence-corrected chi connectivity index (χ2v) is 7.16. The Bertz CT molecular complexity index is 791. The first-order valence-electron chi connectivity index (χ1n) is 7.22. The number of fused-ring (bicyclic) bond motifs is 1. The van der Waals surface area contributed by atoms with Crippen molar-refractivity contribution < 1.29 is 13.2 Å². The van der Waals surface area contributed by atoms with E-state index >= 15 is 0 Å². The maximum absolute atomic E-state index is 13.7. The summed E-state index contributed by atoms with van der Waals surface area (Å²) in [5, 5.41) is 0.767. The largest absolute Gasteiger partial charge is 0.601 e. The summed E-state index contributed by atoms with van der Waals surface area (Å²) in [7, 11) is -1.86. The highest BCUT2D eigenvalue weighted by atomic mass is 35.5. The molecule has 3 aromatic rings. The van der Waals surface area contributed by atoms with Gasteiger partial charge in [0.15, 0.2) is 9.58 Å². The molecule has 0 radical (unpaired) electrons. The lowest BCUT2D eigenvalue weighted by molar-refractivity contribution is -0.0864. The van der Waals surface area contributed by atoms with Crippen molar-refractivity contribution in [2.45, 2.75) is 25.3 Å². The van der Waals surface area contributed by atoms with Gasteiger partial charge in [0.05, 0.1) is 0 Å². The molecule has 1 aromatic heterocycles. The minimum atomic E-state index is -4.25. The molecule has 0 aliphatic heterocycles. The molecule has 3 rings (SSSR count). The van der Waals surface area contributed by atoms with E-state index < -0.39 is 16.0 Å². The van der Waals surface area contributed by atoms with Gasteiger partial charge in [-0.1, -0.05) is 43.7 Å². The fourth-order valence-corrected chi connectivity index (χ4v) is 4.75. The van der Waals surface area contributed by atoms with E-state index in [1.807, 2.05) is 19.1 Å². The normalized spacial score (nSPS) is 12.3. The molecular formula is C18H17ClF3S+. The van der Waals surface area contributed by atoms with Crippen LogP contribution in [-0.2, 0) is 11.9 Å². The van der Waals surface area contributed by atoms with Gasteiger partial charge < -0.3 is 0 Å². The van der Waals surface area contributed by atoms with Crippen LogP contribution in [0.25, 0.3) is 20.5 Å². The van der Waals surface area contributed by atoms with Crippen LogP contribution in [0.4, 0.5) is 13.2 Å². The second kappa shape index (κ2) is 6.93. The minimum absolute atomic E-state index is 0. The molecule has 5 heteroatoms. The van der Waals surface area contributed by atoms with Gasteiger partial charge in [-0.05, 0) is 30.2 Å². The van der Waals surface area contributed by atoms with Crippen LogP contribution in [0.5, 0.6) is 0 Å². The Hall–Kier alpha value is -1.52. The third-order valence-electron chi connectivity index (χ3n) is 3.68. The van der Waals surface area contributed by atoms with Gasteiger partial charge in [0.1, 0.15) is 10.5 Å². The van der Waals surface area contributed by atoms with Gasteiger partial charge in [0, 0.05) is 17.0 Å². The minimum Gasteiger partial charge on any atom is -0.147 e. The highest BCUT2D eigenvalue weighted by Crippen LogP contribution is 2.55. The number of benzene rings is 2. The first-order chi connectivity index (χ1) is 10.5. The number of hydrogen-bond acceptors (Lipinski definition) is 0. The third kappa shape index (κ3) is 3.38. The number of rotatable bonds is 3. The molecule has 1 heterocycles. The van der Waals surface area contributed by atoms with Crippen LogP contribution in [0.3, 0.4) is 0 Å². The van der Waals surface area contributed by atoms with E-state index in [-0.39, 0.29) is 12.4 Å². The van der Waals surface area contributed by atoms with Gasteiger partial charge >= 0.3 is 5.51 Å².